The maximum Gasteiger partial charge on any atom is 0.169 e. The quantitative estimate of drug-likeness (QED) is 0.753. The molecule has 0 aliphatic rings. The van der Waals surface area contributed by atoms with Crippen molar-refractivity contribution in [3.63, 3.8) is 0 Å². The van der Waals surface area contributed by atoms with Crippen molar-refractivity contribution in [3.8, 4) is 0 Å². The SMILES string of the molecule is CCc1ccccc1C(=O)Cc1ccn(C)n1. The van der Waals surface area contributed by atoms with E-state index in [0.717, 1.165) is 23.2 Å². The van der Waals surface area contributed by atoms with Gasteiger partial charge in [0.15, 0.2) is 5.78 Å². The molecule has 0 saturated heterocycles. The Hall–Kier alpha value is -1.90. The van der Waals surface area contributed by atoms with Crippen LogP contribution in [0.4, 0.5) is 0 Å². The van der Waals surface area contributed by atoms with Gasteiger partial charge in [0.2, 0.25) is 0 Å². The van der Waals surface area contributed by atoms with Gasteiger partial charge in [-0.3, -0.25) is 9.48 Å². The number of aryl methyl sites for hydroxylation is 2. The van der Waals surface area contributed by atoms with Crippen LogP contribution in [0.1, 0.15) is 28.5 Å². The summed E-state index contributed by atoms with van der Waals surface area (Å²) in [5, 5.41) is 4.23. The van der Waals surface area contributed by atoms with E-state index in [1.807, 2.05) is 43.6 Å². The van der Waals surface area contributed by atoms with Crippen LogP contribution in [0.3, 0.4) is 0 Å². The molecule has 3 heteroatoms. The van der Waals surface area contributed by atoms with Crippen molar-refractivity contribution in [2.75, 3.05) is 0 Å². The molecular formula is C14H16N2O. The van der Waals surface area contributed by atoms with Gasteiger partial charge in [0, 0.05) is 18.8 Å². The average molecular weight is 228 g/mol. The standard InChI is InChI=1S/C14H16N2O/c1-3-11-6-4-5-7-13(11)14(17)10-12-8-9-16(2)15-12/h4-9H,3,10H2,1-2H3. The lowest BCUT2D eigenvalue weighted by Crippen LogP contribution is -2.07. The molecule has 0 amide bonds. The van der Waals surface area contributed by atoms with Crippen LogP contribution < -0.4 is 0 Å². The van der Waals surface area contributed by atoms with E-state index in [1.54, 1.807) is 4.68 Å². The van der Waals surface area contributed by atoms with Crippen molar-refractivity contribution in [2.45, 2.75) is 19.8 Å². The van der Waals surface area contributed by atoms with Crippen LogP contribution in [-0.2, 0) is 19.9 Å². The molecule has 0 unspecified atom stereocenters. The van der Waals surface area contributed by atoms with Crippen molar-refractivity contribution < 1.29 is 4.79 Å². The predicted molar refractivity (Wildman–Crippen MR) is 67.1 cm³/mol. The first-order chi connectivity index (χ1) is 8.20. The van der Waals surface area contributed by atoms with Crippen molar-refractivity contribution in [2.24, 2.45) is 7.05 Å². The van der Waals surface area contributed by atoms with Crippen LogP contribution in [-0.4, -0.2) is 15.6 Å². The fourth-order valence-electron chi connectivity index (χ4n) is 1.92. The molecule has 0 spiro atoms. The highest BCUT2D eigenvalue weighted by atomic mass is 16.1. The van der Waals surface area contributed by atoms with Gasteiger partial charge in [0.1, 0.15) is 0 Å². The summed E-state index contributed by atoms with van der Waals surface area (Å²) in [6.45, 7) is 2.06. The Bertz CT molecular complexity index is 529. The first-order valence-corrected chi connectivity index (χ1v) is 5.80. The van der Waals surface area contributed by atoms with Crippen LogP contribution in [0, 0.1) is 0 Å². The van der Waals surface area contributed by atoms with E-state index in [9.17, 15) is 4.79 Å². The highest BCUT2D eigenvalue weighted by molar-refractivity contribution is 5.98. The molecule has 1 heterocycles. The molecule has 1 aromatic heterocycles. The van der Waals surface area contributed by atoms with E-state index in [1.165, 1.54) is 0 Å². The third kappa shape index (κ3) is 2.61. The number of nitrogens with zero attached hydrogens (tertiary/aromatic N) is 2. The summed E-state index contributed by atoms with van der Waals surface area (Å²) in [5.41, 5.74) is 2.75. The summed E-state index contributed by atoms with van der Waals surface area (Å²) in [5.74, 6) is 0.140. The number of aromatic nitrogens is 2. The number of benzene rings is 1. The van der Waals surface area contributed by atoms with Crippen molar-refractivity contribution >= 4 is 5.78 Å². The van der Waals surface area contributed by atoms with Crippen LogP contribution >= 0.6 is 0 Å². The molecule has 0 aliphatic carbocycles. The average Bonchev–Trinajstić information content (AvgIpc) is 2.74. The third-order valence-electron chi connectivity index (χ3n) is 2.81. The first kappa shape index (κ1) is 11.6. The van der Waals surface area contributed by atoms with Gasteiger partial charge in [-0.1, -0.05) is 31.2 Å². The molecule has 0 saturated carbocycles. The number of carbonyl (C=O) groups excluding carboxylic acids is 1. The van der Waals surface area contributed by atoms with Crippen molar-refractivity contribution in [1.82, 2.24) is 9.78 Å². The Kier molecular flexibility index (Phi) is 3.38. The predicted octanol–water partition coefficient (Wildman–Crippen LogP) is 2.41. The minimum absolute atomic E-state index is 0.140. The Labute approximate surface area is 101 Å². The highest BCUT2D eigenvalue weighted by Crippen LogP contribution is 2.12. The van der Waals surface area contributed by atoms with E-state index < -0.39 is 0 Å². The van der Waals surface area contributed by atoms with E-state index in [0.29, 0.717) is 6.42 Å². The summed E-state index contributed by atoms with van der Waals surface area (Å²) in [6.07, 6.45) is 3.11. The van der Waals surface area contributed by atoms with E-state index in [4.69, 9.17) is 0 Å². The largest absolute Gasteiger partial charge is 0.294 e. The minimum atomic E-state index is 0.140. The van der Waals surface area contributed by atoms with Gasteiger partial charge < -0.3 is 0 Å². The molecule has 0 N–H and O–H groups in total. The molecular weight excluding hydrogens is 212 g/mol. The van der Waals surface area contributed by atoms with Crippen LogP contribution in [0.25, 0.3) is 0 Å². The fourth-order valence-corrected chi connectivity index (χ4v) is 1.92. The third-order valence-corrected chi connectivity index (χ3v) is 2.81. The number of hydrogen-bond acceptors (Lipinski definition) is 2. The molecule has 3 nitrogen and oxygen atoms in total. The van der Waals surface area contributed by atoms with Crippen molar-refractivity contribution in [3.05, 3.63) is 53.3 Å². The summed E-state index contributed by atoms with van der Waals surface area (Å²) in [7, 11) is 1.86. The summed E-state index contributed by atoms with van der Waals surface area (Å²) < 4.78 is 1.72. The van der Waals surface area contributed by atoms with Crippen LogP contribution in [0.15, 0.2) is 36.5 Å². The molecule has 2 aromatic rings. The molecule has 0 radical (unpaired) electrons. The number of carbonyl (C=O) groups is 1. The number of ketones is 1. The van der Waals surface area contributed by atoms with Crippen LogP contribution in [0.2, 0.25) is 0 Å². The number of hydrogen-bond donors (Lipinski definition) is 0. The molecule has 0 atom stereocenters. The van der Waals surface area contributed by atoms with Crippen LogP contribution in [0.5, 0.6) is 0 Å². The van der Waals surface area contributed by atoms with Gasteiger partial charge in [0.05, 0.1) is 12.1 Å². The molecule has 17 heavy (non-hydrogen) atoms. The Morgan fingerprint density at radius 3 is 2.71 bits per heavy atom. The fraction of sp³-hybridized carbons (Fsp3) is 0.286. The molecule has 88 valence electrons. The van der Waals surface area contributed by atoms with E-state index >= 15 is 0 Å². The van der Waals surface area contributed by atoms with Gasteiger partial charge in [-0.05, 0) is 18.1 Å². The Balaban J connectivity index is 2.20. The van der Waals surface area contributed by atoms with E-state index in [-0.39, 0.29) is 5.78 Å². The summed E-state index contributed by atoms with van der Waals surface area (Å²) in [6, 6.07) is 9.66. The lowest BCUT2D eigenvalue weighted by Gasteiger charge is -2.05. The van der Waals surface area contributed by atoms with E-state index in [2.05, 4.69) is 12.0 Å². The second kappa shape index (κ2) is 4.95. The lowest BCUT2D eigenvalue weighted by molar-refractivity contribution is 0.0991. The number of rotatable bonds is 4. The molecule has 2 rings (SSSR count). The summed E-state index contributed by atoms with van der Waals surface area (Å²) >= 11 is 0. The zero-order chi connectivity index (χ0) is 12.3. The summed E-state index contributed by atoms with van der Waals surface area (Å²) in [4.78, 5) is 12.2. The van der Waals surface area contributed by atoms with Crippen molar-refractivity contribution in [1.29, 1.82) is 0 Å². The second-order valence-corrected chi connectivity index (χ2v) is 4.09. The maximum atomic E-state index is 12.2. The first-order valence-electron chi connectivity index (χ1n) is 5.80. The zero-order valence-corrected chi connectivity index (χ0v) is 10.2. The smallest absolute Gasteiger partial charge is 0.169 e. The van der Waals surface area contributed by atoms with Gasteiger partial charge in [0.25, 0.3) is 0 Å². The maximum absolute atomic E-state index is 12.2. The topological polar surface area (TPSA) is 34.9 Å². The zero-order valence-electron chi connectivity index (χ0n) is 10.2. The molecule has 0 bridgehead atoms. The van der Waals surface area contributed by atoms with Gasteiger partial charge in [-0.15, -0.1) is 0 Å². The molecule has 0 fully saturated rings. The Morgan fingerprint density at radius 2 is 2.06 bits per heavy atom. The molecule has 0 aliphatic heterocycles. The van der Waals surface area contributed by atoms with Gasteiger partial charge >= 0.3 is 0 Å². The highest BCUT2D eigenvalue weighted by Gasteiger charge is 2.11. The van der Waals surface area contributed by atoms with Gasteiger partial charge in [-0.25, -0.2) is 0 Å². The van der Waals surface area contributed by atoms with Gasteiger partial charge in [-0.2, -0.15) is 5.10 Å². The monoisotopic (exact) mass is 228 g/mol. The minimum Gasteiger partial charge on any atom is -0.294 e. The Morgan fingerprint density at radius 1 is 1.29 bits per heavy atom. The molecule has 1 aromatic carbocycles. The lowest BCUT2D eigenvalue weighted by atomic mass is 9.99. The number of Topliss-reactive ketones (excluding diaryl/α,β-unsaturated/α-hetero) is 1. The second-order valence-electron chi connectivity index (χ2n) is 4.09. The normalized spacial score (nSPS) is 10.5.